The van der Waals surface area contributed by atoms with Gasteiger partial charge in [-0.2, -0.15) is 0 Å². The van der Waals surface area contributed by atoms with Gasteiger partial charge in [-0.15, -0.1) is 0 Å². The molecular weight excluding hydrogens is 218 g/mol. The van der Waals surface area contributed by atoms with Gasteiger partial charge < -0.3 is 16.2 Å². The Labute approximate surface area is 100.0 Å². The normalized spacial score (nSPS) is 9.18. The summed E-state index contributed by atoms with van der Waals surface area (Å²) in [5, 5.41) is 0. The van der Waals surface area contributed by atoms with Crippen molar-refractivity contribution in [3.63, 3.8) is 0 Å². The van der Waals surface area contributed by atoms with E-state index < -0.39 is 6.09 Å². The Balaban J connectivity index is 2.54. The Kier molecular flexibility index (Phi) is 4.62. The third kappa shape index (κ3) is 4.29. The molecule has 0 atom stereocenters. The molecule has 0 aliphatic heterocycles. The SMILES string of the molecule is C=CN(C=C(N)N)C(=O)OCc1ccccc1. The molecule has 1 rings (SSSR count). The van der Waals surface area contributed by atoms with Crippen LogP contribution in [0.15, 0.2) is 55.1 Å². The molecule has 5 nitrogen and oxygen atoms in total. The first-order valence-corrected chi connectivity index (χ1v) is 4.98. The average molecular weight is 233 g/mol. The molecule has 0 spiro atoms. The molecular formula is C12H15N3O2. The van der Waals surface area contributed by atoms with Crippen molar-refractivity contribution >= 4 is 6.09 Å². The summed E-state index contributed by atoms with van der Waals surface area (Å²) in [5.41, 5.74) is 11.4. The molecule has 1 aromatic carbocycles. The van der Waals surface area contributed by atoms with E-state index in [0.29, 0.717) is 0 Å². The summed E-state index contributed by atoms with van der Waals surface area (Å²) in [6.07, 6.45) is 1.92. The Hall–Kier alpha value is -2.43. The quantitative estimate of drug-likeness (QED) is 0.825. The number of carbonyl (C=O) groups excluding carboxylic acids is 1. The molecule has 90 valence electrons. The molecule has 1 aromatic rings. The number of benzene rings is 1. The summed E-state index contributed by atoms with van der Waals surface area (Å²) in [5.74, 6) is 0.00145. The molecule has 4 N–H and O–H groups in total. The smallest absolute Gasteiger partial charge is 0.418 e. The van der Waals surface area contributed by atoms with E-state index in [2.05, 4.69) is 6.58 Å². The van der Waals surface area contributed by atoms with Gasteiger partial charge in [-0.1, -0.05) is 36.9 Å². The first-order chi connectivity index (χ1) is 8.13. The first kappa shape index (κ1) is 12.6. The number of hydrogen-bond acceptors (Lipinski definition) is 4. The number of ether oxygens (including phenoxy) is 1. The molecule has 0 saturated heterocycles. The number of rotatable bonds is 4. The van der Waals surface area contributed by atoms with E-state index in [4.69, 9.17) is 16.2 Å². The lowest BCUT2D eigenvalue weighted by molar-refractivity contribution is 0.121. The molecule has 0 bridgehead atoms. The minimum atomic E-state index is -0.586. The zero-order valence-electron chi connectivity index (χ0n) is 9.37. The van der Waals surface area contributed by atoms with Crippen molar-refractivity contribution in [1.82, 2.24) is 4.90 Å². The Bertz CT molecular complexity index is 411. The van der Waals surface area contributed by atoms with Gasteiger partial charge in [-0.3, -0.25) is 4.90 Å². The monoisotopic (exact) mass is 233 g/mol. The Morgan fingerprint density at radius 1 is 1.35 bits per heavy atom. The lowest BCUT2D eigenvalue weighted by Crippen LogP contribution is -2.24. The summed E-state index contributed by atoms with van der Waals surface area (Å²) in [6.45, 7) is 3.64. The highest BCUT2D eigenvalue weighted by atomic mass is 16.6. The van der Waals surface area contributed by atoms with Crippen LogP contribution in [0.4, 0.5) is 4.79 Å². The largest absolute Gasteiger partial charge is 0.444 e. The lowest BCUT2D eigenvalue weighted by Gasteiger charge is -2.13. The zero-order chi connectivity index (χ0) is 12.7. The van der Waals surface area contributed by atoms with Crippen LogP contribution in [0, 0.1) is 0 Å². The third-order valence-electron chi connectivity index (χ3n) is 1.90. The third-order valence-corrected chi connectivity index (χ3v) is 1.90. The molecule has 0 fully saturated rings. The van der Waals surface area contributed by atoms with E-state index in [1.54, 1.807) is 0 Å². The van der Waals surface area contributed by atoms with Crippen LogP contribution in [-0.4, -0.2) is 11.0 Å². The Morgan fingerprint density at radius 2 is 2.00 bits per heavy atom. The van der Waals surface area contributed by atoms with Gasteiger partial charge >= 0.3 is 6.09 Å². The van der Waals surface area contributed by atoms with E-state index in [1.165, 1.54) is 12.4 Å². The van der Waals surface area contributed by atoms with Crippen LogP contribution in [0.2, 0.25) is 0 Å². The molecule has 0 heterocycles. The minimum absolute atomic E-state index is 0.00145. The van der Waals surface area contributed by atoms with Crippen LogP contribution in [0.1, 0.15) is 5.56 Å². The maximum Gasteiger partial charge on any atom is 0.418 e. The summed E-state index contributed by atoms with van der Waals surface area (Å²) >= 11 is 0. The first-order valence-electron chi connectivity index (χ1n) is 4.98. The van der Waals surface area contributed by atoms with Crippen LogP contribution in [0.3, 0.4) is 0 Å². The van der Waals surface area contributed by atoms with E-state index in [1.807, 2.05) is 30.3 Å². The number of carbonyl (C=O) groups is 1. The topological polar surface area (TPSA) is 81.6 Å². The summed E-state index contributed by atoms with van der Waals surface area (Å²) in [6, 6.07) is 9.34. The van der Waals surface area contributed by atoms with Crippen molar-refractivity contribution in [1.29, 1.82) is 0 Å². The van der Waals surface area contributed by atoms with Gasteiger partial charge in [0.25, 0.3) is 0 Å². The molecule has 0 aromatic heterocycles. The van der Waals surface area contributed by atoms with Gasteiger partial charge in [-0.25, -0.2) is 4.79 Å². The van der Waals surface area contributed by atoms with E-state index in [-0.39, 0.29) is 12.4 Å². The molecule has 0 radical (unpaired) electrons. The number of nitrogens with two attached hydrogens (primary N) is 2. The fraction of sp³-hybridized carbons (Fsp3) is 0.0833. The van der Waals surface area contributed by atoms with Gasteiger partial charge in [0.15, 0.2) is 0 Å². The molecule has 0 aliphatic carbocycles. The number of hydrogen-bond donors (Lipinski definition) is 2. The van der Waals surface area contributed by atoms with Crippen molar-refractivity contribution in [3.05, 3.63) is 60.7 Å². The van der Waals surface area contributed by atoms with Crippen molar-refractivity contribution in [2.24, 2.45) is 11.5 Å². The van der Waals surface area contributed by atoms with Gasteiger partial charge in [0.2, 0.25) is 0 Å². The van der Waals surface area contributed by atoms with Crippen molar-refractivity contribution in [2.75, 3.05) is 0 Å². The van der Waals surface area contributed by atoms with Crippen LogP contribution in [-0.2, 0) is 11.3 Å². The molecule has 0 aliphatic rings. The van der Waals surface area contributed by atoms with E-state index >= 15 is 0 Å². The lowest BCUT2D eigenvalue weighted by atomic mass is 10.2. The molecule has 17 heavy (non-hydrogen) atoms. The highest BCUT2D eigenvalue weighted by Crippen LogP contribution is 2.04. The van der Waals surface area contributed by atoms with Gasteiger partial charge in [0.1, 0.15) is 12.4 Å². The maximum absolute atomic E-state index is 11.6. The van der Waals surface area contributed by atoms with Crippen molar-refractivity contribution < 1.29 is 9.53 Å². The number of nitrogens with zero attached hydrogens (tertiary/aromatic N) is 1. The summed E-state index contributed by atoms with van der Waals surface area (Å²) in [7, 11) is 0. The van der Waals surface area contributed by atoms with Crippen molar-refractivity contribution in [2.45, 2.75) is 6.61 Å². The average Bonchev–Trinajstić information content (AvgIpc) is 2.34. The van der Waals surface area contributed by atoms with Gasteiger partial charge in [-0.05, 0) is 5.56 Å². The summed E-state index contributed by atoms with van der Waals surface area (Å²) in [4.78, 5) is 12.6. The predicted molar refractivity (Wildman–Crippen MR) is 65.1 cm³/mol. The molecule has 5 heteroatoms. The highest BCUT2D eigenvalue weighted by molar-refractivity contribution is 5.70. The van der Waals surface area contributed by atoms with Crippen molar-refractivity contribution in [3.8, 4) is 0 Å². The fourth-order valence-electron chi connectivity index (χ4n) is 1.13. The fourth-order valence-corrected chi connectivity index (χ4v) is 1.13. The van der Waals surface area contributed by atoms with Gasteiger partial charge in [0, 0.05) is 6.20 Å². The van der Waals surface area contributed by atoms with E-state index in [0.717, 1.165) is 10.5 Å². The van der Waals surface area contributed by atoms with Crippen LogP contribution in [0.5, 0.6) is 0 Å². The maximum atomic E-state index is 11.6. The Morgan fingerprint density at radius 3 is 2.53 bits per heavy atom. The second kappa shape index (κ2) is 6.22. The molecule has 1 amide bonds. The van der Waals surface area contributed by atoms with Gasteiger partial charge in [0.05, 0.1) is 6.20 Å². The molecule has 0 unspecified atom stereocenters. The minimum Gasteiger partial charge on any atom is -0.444 e. The standard InChI is InChI=1S/C12H15N3O2/c1-2-15(8-11(13)14)12(16)17-9-10-6-4-3-5-7-10/h2-8H,1,9,13-14H2. The number of amides is 1. The van der Waals surface area contributed by atoms with Crippen LogP contribution >= 0.6 is 0 Å². The second-order valence-corrected chi connectivity index (χ2v) is 3.26. The molecule has 0 saturated carbocycles. The zero-order valence-corrected chi connectivity index (χ0v) is 9.37. The highest BCUT2D eigenvalue weighted by Gasteiger charge is 2.09. The van der Waals surface area contributed by atoms with Crippen LogP contribution < -0.4 is 11.5 Å². The summed E-state index contributed by atoms with van der Waals surface area (Å²) < 4.78 is 5.04. The second-order valence-electron chi connectivity index (χ2n) is 3.26. The predicted octanol–water partition coefficient (Wildman–Crippen LogP) is 1.48. The van der Waals surface area contributed by atoms with E-state index in [9.17, 15) is 4.79 Å². The van der Waals surface area contributed by atoms with Crippen LogP contribution in [0.25, 0.3) is 0 Å².